The van der Waals surface area contributed by atoms with E-state index in [-0.39, 0.29) is 40.8 Å². The Morgan fingerprint density at radius 3 is 2.37 bits per heavy atom. The fourth-order valence-corrected chi connectivity index (χ4v) is 18.7. The van der Waals surface area contributed by atoms with Gasteiger partial charge < -0.3 is 25.0 Å². The molecule has 0 saturated heterocycles. The summed E-state index contributed by atoms with van der Waals surface area (Å²) in [5.74, 6) is 1.53. The summed E-state index contributed by atoms with van der Waals surface area (Å²) >= 11 is 0. The molecule has 13 atom stereocenters. The van der Waals surface area contributed by atoms with E-state index in [4.69, 9.17) is 0 Å². The molecule has 7 saturated carbocycles. The average Bonchev–Trinajstić information content (AvgIpc) is 4.00. The molecule has 0 bridgehead atoms. The molecule has 1 aromatic heterocycles. The maximum atomic E-state index is 14.6. The summed E-state index contributed by atoms with van der Waals surface area (Å²) < 4.78 is 2.23. The summed E-state index contributed by atoms with van der Waals surface area (Å²) in [5, 5.41) is 49.5. The van der Waals surface area contributed by atoms with Crippen LogP contribution in [0.4, 0.5) is 0 Å². The summed E-state index contributed by atoms with van der Waals surface area (Å²) in [4.78, 5) is 18.9. The predicted octanol–water partition coefficient (Wildman–Crippen LogP) is 9.83. The van der Waals surface area contributed by atoms with E-state index >= 15 is 0 Å². The molecular weight excluding hydrogens is 745 g/mol. The molecule has 1 spiro atoms. The van der Waals surface area contributed by atoms with Gasteiger partial charge >= 0.3 is 0 Å². The molecule has 328 valence electrons. The number of carbonyl (C=O) groups excluding carboxylic acids is 1. The number of aryl methyl sites for hydroxylation is 1. The maximum absolute atomic E-state index is 14.6. The molecule has 11 rings (SSSR count). The molecule has 0 aromatic carbocycles. The van der Waals surface area contributed by atoms with Crippen molar-refractivity contribution in [1.29, 1.82) is 0 Å². The highest BCUT2D eigenvalue weighted by Crippen LogP contribution is 2.73. The van der Waals surface area contributed by atoms with Crippen molar-refractivity contribution in [3.63, 3.8) is 0 Å². The van der Waals surface area contributed by atoms with E-state index in [1.165, 1.54) is 70.6 Å². The number of aromatic nitrogens is 2. The van der Waals surface area contributed by atoms with Gasteiger partial charge in [-0.2, -0.15) is 0 Å². The van der Waals surface area contributed by atoms with Crippen LogP contribution in [0.5, 0.6) is 0 Å². The quantitative estimate of drug-likeness (QED) is 0.213. The van der Waals surface area contributed by atoms with Crippen LogP contribution in [-0.2, 0) is 11.3 Å². The van der Waals surface area contributed by atoms with Crippen LogP contribution in [0.15, 0.2) is 52.7 Å². The molecule has 0 unspecified atom stereocenters. The van der Waals surface area contributed by atoms with Gasteiger partial charge in [-0.15, -0.1) is 0 Å². The van der Waals surface area contributed by atoms with Gasteiger partial charge in [-0.3, -0.25) is 4.79 Å². The molecule has 0 aliphatic heterocycles. The average molecular weight is 821 g/mol. The van der Waals surface area contributed by atoms with E-state index in [1.54, 1.807) is 22.3 Å². The first-order valence-electron chi connectivity index (χ1n) is 25.3. The van der Waals surface area contributed by atoms with Crippen molar-refractivity contribution in [1.82, 2.24) is 9.55 Å². The number of aliphatic hydroxyl groups excluding tert-OH is 3. The van der Waals surface area contributed by atoms with Gasteiger partial charge in [0.15, 0.2) is 5.78 Å². The Labute approximate surface area is 360 Å². The number of ketones is 1. The van der Waals surface area contributed by atoms with E-state index in [2.05, 4.69) is 36.5 Å². The highest BCUT2D eigenvalue weighted by molar-refractivity contribution is 5.95. The van der Waals surface area contributed by atoms with Crippen molar-refractivity contribution in [2.45, 2.75) is 199 Å². The standard InChI is InChI=1S/C53H76N2O5/c1-49(2,23-25-55-26-24-54-31-55)47-35-15-10-20-51(18-7-8-19-51)46(35)34-14-9-11-32-27-36(48(59)45(47)44(32)34)37-17-22-53(60)39-28-41(56)40-29-42(57)43(58)30-52(40,33-12-5-4-6-13-33)38(39)16-21-50(37,53)3/h24,26,28,31-33,36-38,40,42-43,45-46,48,57-60H,4-23,25,27,29-30H2,1-3H3/t32-,36+,37-,38+,40+,42-,43+,45-,46+,48+,50-,52+,53-/m1/s1. The molecule has 7 nitrogen and oxygen atoms in total. The zero-order valence-corrected chi connectivity index (χ0v) is 37.2. The Balaban J connectivity index is 0.981. The molecule has 4 N–H and O–H groups in total. The van der Waals surface area contributed by atoms with Gasteiger partial charge in [-0.05, 0) is 173 Å². The fraction of sp³-hybridized carbons (Fsp3) is 0.811. The minimum Gasteiger partial charge on any atom is -0.392 e. The second-order valence-electron chi connectivity index (χ2n) is 23.8. The van der Waals surface area contributed by atoms with Crippen molar-refractivity contribution in [3.8, 4) is 0 Å². The number of rotatable bonds is 6. The summed E-state index contributed by atoms with van der Waals surface area (Å²) in [5.41, 5.74) is 6.07. The van der Waals surface area contributed by atoms with Crippen LogP contribution in [0.25, 0.3) is 0 Å². The lowest BCUT2D eigenvalue weighted by atomic mass is 9.41. The largest absolute Gasteiger partial charge is 0.392 e. The van der Waals surface area contributed by atoms with E-state index in [0.717, 1.165) is 69.9 Å². The molecule has 10 aliphatic carbocycles. The van der Waals surface area contributed by atoms with Crippen LogP contribution in [0, 0.1) is 69.0 Å². The summed E-state index contributed by atoms with van der Waals surface area (Å²) in [7, 11) is 0. The third-order valence-electron chi connectivity index (χ3n) is 21.1. The normalized spacial score (nSPS) is 45.2. The van der Waals surface area contributed by atoms with Gasteiger partial charge in [0.1, 0.15) is 0 Å². The number of aliphatic hydroxyl groups is 4. The van der Waals surface area contributed by atoms with Gasteiger partial charge in [0.25, 0.3) is 0 Å². The van der Waals surface area contributed by atoms with E-state index < -0.39 is 34.7 Å². The highest BCUT2D eigenvalue weighted by Gasteiger charge is 2.70. The van der Waals surface area contributed by atoms with Crippen LogP contribution in [-0.4, -0.2) is 59.7 Å². The van der Waals surface area contributed by atoms with Gasteiger partial charge in [-0.1, -0.05) is 75.2 Å². The van der Waals surface area contributed by atoms with Crippen LogP contribution < -0.4 is 0 Å². The molecule has 1 heterocycles. The third kappa shape index (κ3) is 5.65. The zero-order chi connectivity index (χ0) is 41.4. The number of hydrogen-bond acceptors (Lipinski definition) is 6. The number of carbonyl (C=O) groups is 1. The Kier molecular flexibility index (Phi) is 9.82. The third-order valence-corrected chi connectivity index (χ3v) is 21.1. The van der Waals surface area contributed by atoms with Crippen molar-refractivity contribution >= 4 is 5.78 Å². The predicted molar refractivity (Wildman–Crippen MR) is 233 cm³/mol. The summed E-state index contributed by atoms with van der Waals surface area (Å²) in [6, 6.07) is 0. The molecule has 1 aromatic rings. The number of fused-ring (bicyclic) bond motifs is 8. The van der Waals surface area contributed by atoms with Crippen molar-refractivity contribution in [2.24, 2.45) is 69.0 Å². The molecule has 10 aliphatic rings. The lowest BCUT2D eigenvalue weighted by Gasteiger charge is -2.64. The summed E-state index contributed by atoms with van der Waals surface area (Å²) in [6.07, 6.45) is 30.4. The molecule has 60 heavy (non-hydrogen) atoms. The van der Waals surface area contributed by atoms with Crippen LogP contribution in [0.3, 0.4) is 0 Å². The van der Waals surface area contributed by atoms with Gasteiger partial charge in [0.05, 0.1) is 30.2 Å². The number of hydrogen-bond donors (Lipinski definition) is 4. The van der Waals surface area contributed by atoms with Crippen molar-refractivity contribution in [3.05, 3.63) is 52.7 Å². The minimum atomic E-state index is -1.11. The van der Waals surface area contributed by atoms with Crippen molar-refractivity contribution in [2.75, 3.05) is 0 Å². The smallest absolute Gasteiger partial charge is 0.159 e. The monoisotopic (exact) mass is 821 g/mol. The van der Waals surface area contributed by atoms with Crippen LogP contribution in [0.1, 0.15) is 168 Å². The zero-order valence-electron chi connectivity index (χ0n) is 37.2. The Morgan fingerprint density at radius 1 is 0.833 bits per heavy atom. The SMILES string of the molecule is CC(C)(CCn1ccnc1)C1=C2CCCC3(CCCC3)[C@H]2C2=C3[C@H](CCC2)C[C@@H]([C@H]2CC[C@@]4(O)C5=CC(=O)[C@@H]6C[C@@H](O)[C@@H](O)C[C@]6(C6CCCCC6)[C@H]5CC[C@]24C)[C@H](O)[C@H]31. The number of nitrogens with zero attached hydrogens (tertiary/aromatic N) is 2. The van der Waals surface area contributed by atoms with Gasteiger partial charge in [0.2, 0.25) is 0 Å². The van der Waals surface area contributed by atoms with Crippen molar-refractivity contribution < 1.29 is 25.2 Å². The molecule has 7 heteroatoms. The first kappa shape index (κ1) is 40.7. The maximum Gasteiger partial charge on any atom is 0.159 e. The molecule has 7 fully saturated rings. The minimum absolute atomic E-state index is 0.0473. The van der Waals surface area contributed by atoms with E-state index in [9.17, 15) is 25.2 Å². The lowest BCUT2D eigenvalue weighted by Crippen LogP contribution is -2.64. The second kappa shape index (κ2) is 14.5. The first-order chi connectivity index (χ1) is 28.8. The fourth-order valence-electron chi connectivity index (χ4n) is 18.7. The highest BCUT2D eigenvalue weighted by atomic mass is 16.3. The molecule has 0 amide bonds. The Bertz CT molecular complexity index is 1950. The van der Waals surface area contributed by atoms with Crippen LogP contribution >= 0.6 is 0 Å². The number of imidazole rings is 1. The molecular formula is C53H76N2O5. The van der Waals surface area contributed by atoms with Crippen LogP contribution in [0.2, 0.25) is 0 Å². The topological polar surface area (TPSA) is 116 Å². The van der Waals surface area contributed by atoms with Gasteiger partial charge in [0, 0.05) is 42.1 Å². The Morgan fingerprint density at radius 2 is 1.60 bits per heavy atom. The number of allylic oxidation sites excluding steroid dienone is 3. The van der Waals surface area contributed by atoms with E-state index in [1.807, 2.05) is 18.6 Å². The Hall–Kier alpha value is -2.06. The first-order valence-corrected chi connectivity index (χ1v) is 25.3. The summed E-state index contributed by atoms with van der Waals surface area (Å²) in [6.45, 7) is 8.27. The lowest BCUT2D eigenvalue weighted by molar-refractivity contribution is -0.174. The second-order valence-corrected chi connectivity index (χ2v) is 23.8. The van der Waals surface area contributed by atoms with Gasteiger partial charge in [-0.25, -0.2) is 4.98 Å². The van der Waals surface area contributed by atoms with E-state index in [0.29, 0.717) is 42.4 Å². The molecule has 0 radical (unpaired) electrons.